The van der Waals surface area contributed by atoms with Crippen LogP contribution in [0.25, 0.3) is 0 Å². The van der Waals surface area contributed by atoms with E-state index in [0.717, 1.165) is 42.8 Å². The molecule has 3 aromatic rings. The van der Waals surface area contributed by atoms with Gasteiger partial charge in [0.15, 0.2) is 6.61 Å². The van der Waals surface area contributed by atoms with Gasteiger partial charge >= 0.3 is 0 Å². The summed E-state index contributed by atoms with van der Waals surface area (Å²) in [5.74, 6) is 1.17. The quantitative estimate of drug-likeness (QED) is 0.431. The maximum atomic E-state index is 12.0. The van der Waals surface area contributed by atoms with Crippen molar-refractivity contribution in [3.05, 3.63) is 89.5 Å². The topological polar surface area (TPSA) is 63.2 Å². The van der Waals surface area contributed by atoms with E-state index in [2.05, 4.69) is 39.7 Å². The van der Waals surface area contributed by atoms with Crippen molar-refractivity contribution in [2.75, 3.05) is 25.2 Å². The smallest absolute Gasteiger partial charge is 0.277 e. The second-order valence-electron chi connectivity index (χ2n) is 7.62. The first-order valence-electron chi connectivity index (χ1n) is 10.7. The van der Waals surface area contributed by atoms with Gasteiger partial charge < -0.3 is 14.4 Å². The van der Waals surface area contributed by atoms with Crippen LogP contribution in [0.1, 0.15) is 23.1 Å². The van der Waals surface area contributed by atoms with E-state index in [1.54, 1.807) is 25.5 Å². The van der Waals surface area contributed by atoms with E-state index in [-0.39, 0.29) is 12.5 Å². The summed E-state index contributed by atoms with van der Waals surface area (Å²) in [7, 11) is 1.68. The number of aryl methyl sites for hydroxylation is 1. The zero-order chi connectivity index (χ0) is 22.2. The summed E-state index contributed by atoms with van der Waals surface area (Å²) in [4.78, 5) is 14.4. The van der Waals surface area contributed by atoms with Crippen LogP contribution in [0.15, 0.2) is 77.9 Å². The summed E-state index contributed by atoms with van der Waals surface area (Å²) < 4.78 is 11.0. The molecule has 6 heteroatoms. The fraction of sp³-hybridized carbons (Fsp3) is 0.231. The number of methoxy groups -OCH3 is 1. The normalized spacial score (nSPS) is 13.0. The molecule has 1 aliphatic heterocycles. The van der Waals surface area contributed by atoms with Crippen LogP contribution in [0.4, 0.5) is 5.69 Å². The Morgan fingerprint density at radius 2 is 1.91 bits per heavy atom. The minimum atomic E-state index is -0.316. The van der Waals surface area contributed by atoms with E-state index in [9.17, 15) is 4.79 Å². The maximum Gasteiger partial charge on any atom is 0.277 e. The number of carbonyl (C=O) groups is 1. The summed E-state index contributed by atoms with van der Waals surface area (Å²) in [6.07, 6.45) is 3.88. The zero-order valence-corrected chi connectivity index (χ0v) is 18.2. The molecule has 0 aliphatic carbocycles. The van der Waals surface area contributed by atoms with Crippen LogP contribution in [0.5, 0.6) is 11.5 Å². The van der Waals surface area contributed by atoms with Crippen LogP contribution >= 0.6 is 0 Å². The van der Waals surface area contributed by atoms with Crippen molar-refractivity contribution in [2.45, 2.75) is 19.4 Å². The molecule has 1 N–H and O–H groups in total. The van der Waals surface area contributed by atoms with Gasteiger partial charge in [0.2, 0.25) is 0 Å². The summed E-state index contributed by atoms with van der Waals surface area (Å²) in [6, 6.07) is 23.7. The lowest BCUT2D eigenvalue weighted by Gasteiger charge is -2.31. The molecule has 1 aliphatic rings. The third kappa shape index (κ3) is 5.46. The molecule has 4 rings (SSSR count). The molecule has 0 bridgehead atoms. The number of carbonyl (C=O) groups excluding carboxylic acids is 1. The highest BCUT2D eigenvalue weighted by Crippen LogP contribution is 2.30. The summed E-state index contributed by atoms with van der Waals surface area (Å²) in [5.41, 5.74) is 7.14. The zero-order valence-electron chi connectivity index (χ0n) is 18.2. The van der Waals surface area contributed by atoms with E-state index in [1.807, 2.05) is 36.4 Å². The molecule has 6 nitrogen and oxygen atoms in total. The second-order valence-corrected chi connectivity index (χ2v) is 7.62. The van der Waals surface area contributed by atoms with Gasteiger partial charge in [-0.05, 0) is 60.4 Å². The molecule has 0 atom stereocenters. The van der Waals surface area contributed by atoms with Gasteiger partial charge in [-0.2, -0.15) is 5.10 Å². The first kappa shape index (κ1) is 21.4. The Balaban J connectivity index is 1.39. The van der Waals surface area contributed by atoms with Gasteiger partial charge in [-0.25, -0.2) is 5.43 Å². The molecule has 0 saturated heterocycles. The molecule has 0 saturated carbocycles. The summed E-state index contributed by atoms with van der Waals surface area (Å²) >= 11 is 0. The lowest BCUT2D eigenvalue weighted by molar-refractivity contribution is -0.123. The van der Waals surface area contributed by atoms with Crippen molar-refractivity contribution in [3.8, 4) is 11.5 Å². The Kier molecular flexibility index (Phi) is 7.02. The molecule has 0 aromatic heterocycles. The van der Waals surface area contributed by atoms with Gasteiger partial charge in [0.05, 0.1) is 13.3 Å². The van der Waals surface area contributed by atoms with Crippen molar-refractivity contribution in [1.82, 2.24) is 5.43 Å². The lowest BCUT2D eigenvalue weighted by atomic mass is 10.0. The van der Waals surface area contributed by atoms with E-state index in [4.69, 9.17) is 9.47 Å². The number of amides is 1. The van der Waals surface area contributed by atoms with E-state index in [0.29, 0.717) is 5.75 Å². The Morgan fingerprint density at radius 3 is 2.75 bits per heavy atom. The molecule has 1 heterocycles. The highest BCUT2D eigenvalue weighted by Gasteiger charge is 2.18. The first-order valence-corrected chi connectivity index (χ1v) is 10.7. The molecule has 32 heavy (non-hydrogen) atoms. The highest BCUT2D eigenvalue weighted by molar-refractivity contribution is 5.83. The fourth-order valence-electron chi connectivity index (χ4n) is 3.86. The van der Waals surface area contributed by atoms with Crippen molar-refractivity contribution in [3.63, 3.8) is 0 Å². The Hall–Kier alpha value is -3.80. The predicted octanol–water partition coefficient (Wildman–Crippen LogP) is 4.18. The standard InChI is InChI=1S/C26H27N3O3/c1-31-25-14-13-20(17-27-28-26(30)19-32-23-10-3-2-4-11-23)16-22(25)18-29-15-7-9-21-8-5-6-12-24(21)29/h2-6,8,10-14,16-17H,7,9,15,18-19H2,1H3,(H,28,30). The molecular formula is C26H27N3O3. The molecule has 0 fully saturated rings. The second kappa shape index (κ2) is 10.5. The molecule has 0 radical (unpaired) electrons. The van der Waals surface area contributed by atoms with E-state index >= 15 is 0 Å². The molecule has 164 valence electrons. The fourth-order valence-corrected chi connectivity index (χ4v) is 3.86. The number of ether oxygens (including phenoxy) is 2. The number of nitrogens with zero attached hydrogens (tertiary/aromatic N) is 2. The van der Waals surface area contributed by atoms with Crippen LogP contribution < -0.4 is 19.8 Å². The minimum absolute atomic E-state index is 0.0937. The maximum absolute atomic E-state index is 12.0. The highest BCUT2D eigenvalue weighted by atomic mass is 16.5. The predicted molar refractivity (Wildman–Crippen MR) is 126 cm³/mol. The van der Waals surface area contributed by atoms with E-state index in [1.165, 1.54) is 11.3 Å². The van der Waals surface area contributed by atoms with E-state index < -0.39 is 0 Å². The van der Waals surface area contributed by atoms with Crippen molar-refractivity contribution in [1.29, 1.82) is 0 Å². The SMILES string of the molecule is COc1ccc(C=NNC(=O)COc2ccccc2)cc1CN1CCCc2ccccc21. The third-order valence-electron chi connectivity index (χ3n) is 5.39. The van der Waals surface area contributed by atoms with Crippen LogP contribution in [-0.2, 0) is 17.8 Å². The minimum Gasteiger partial charge on any atom is -0.496 e. The molecule has 3 aromatic carbocycles. The third-order valence-corrected chi connectivity index (χ3v) is 5.39. The average molecular weight is 430 g/mol. The van der Waals surface area contributed by atoms with Crippen LogP contribution in [0.3, 0.4) is 0 Å². The average Bonchev–Trinajstić information content (AvgIpc) is 2.84. The van der Waals surface area contributed by atoms with Gasteiger partial charge in [-0.15, -0.1) is 0 Å². The molecule has 1 amide bonds. The number of benzene rings is 3. The Morgan fingerprint density at radius 1 is 1.09 bits per heavy atom. The molecule has 0 unspecified atom stereocenters. The molecule has 0 spiro atoms. The molecular weight excluding hydrogens is 402 g/mol. The number of fused-ring (bicyclic) bond motifs is 1. The number of anilines is 1. The van der Waals surface area contributed by atoms with Gasteiger partial charge in [0.1, 0.15) is 11.5 Å². The Labute approximate surface area is 188 Å². The van der Waals surface area contributed by atoms with Gasteiger partial charge in [-0.3, -0.25) is 4.79 Å². The van der Waals surface area contributed by atoms with Gasteiger partial charge in [0, 0.05) is 24.3 Å². The summed E-state index contributed by atoms with van der Waals surface area (Å²) in [6.45, 7) is 1.67. The van der Waals surface area contributed by atoms with Crippen molar-refractivity contribution in [2.24, 2.45) is 5.10 Å². The Bertz CT molecular complexity index is 1080. The first-order chi connectivity index (χ1) is 15.7. The lowest BCUT2D eigenvalue weighted by Crippen LogP contribution is -2.29. The number of para-hydroxylation sites is 2. The number of rotatable bonds is 8. The van der Waals surface area contributed by atoms with Crippen LogP contribution in [0.2, 0.25) is 0 Å². The van der Waals surface area contributed by atoms with Crippen molar-refractivity contribution >= 4 is 17.8 Å². The number of nitrogens with one attached hydrogen (secondary N) is 1. The number of hydrogen-bond acceptors (Lipinski definition) is 5. The number of hydrogen-bond donors (Lipinski definition) is 1. The monoisotopic (exact) mass is 429 g/mol. The summed E-state index contributed by atoms with van der Waals surface area (Å²) in [5, 5.41) is 4.07. The van der Waals surface area contributed by atoms with Gasteiger partial charge in [0.25, 0.3) is 5.91 Å². The van der Waals surface area contributed by atoms with Crippen LogP contribution in [-0.4, -0.2) is 32.4 Å². The number of hydrazone groups is 1. The largest absolute Gasteiger partial charge is 0.496 e. The van der Waals surface area contributed by atoms with Crippen LogP contribution in [0, 0.1) is 0 Å². The van der Waals surface area contributed by atoms with Crippen molar-refractivity contribution < 1.29 is 14.3 Å². The van der Waals surface area contributed by atoms with Gasteiger partial charge in [-0.1, -0.05) is 36.4 Å².